The van der Waals surface area contributed by atoms with Crippen molar-refractivity contribution < 1.29 is 16.2 Å². The minimum atomic E-state index is -1.03. The molecule has 0 radical (unpaired) electrons. The molecule has 0 N–H and O–H groups in total. The normalized spacial score (nSPS) is 23.3. The lowest BCUT2D eigenvalue weighted by Crippen LogP contribution is -2.41. The zero-order valence-electron chi connectivity index (χ0n) is 17.1. The number of halogens is 1. The third-order valence-electron chi connectivity index (χ3n) is 3.82. The van der Waals surface area contributed by atoms with E-state index in [0.29, 0.717) is 0 Å². The summed E-state index contributed by atoms with van der Waals surface area (Å²) in [7, 11) is -1.03. The van der Waals surface area contributed by atoms with Crippen molar-refractivity contribution in [1.29, 1.82) is 0 Å². The largest absolute Gasteiger partial charge is 0.497 e. The van der Waals surface area contributed by atoms with Crippen LogP contribution in [0.4, 0.5) is 0 Å². The molecule has 1 aliphatic rings. The number of aromatic nitrogens is 3. The molecule has 0 saturated carbocycles. The van der Waals surface area contributed by atoms with E-state index in [4.69, 9.17) is 16.2 Å². The minimum Gasteiger partial charge on any atom is -0.399 e. The van der Waals surface area contributed by atoms with Crippen LogP contribution in [0.25, 0.3) is 5.69 Å². The van der Waals surface area contributed by atoms with E-state index in [9.17, 15) is 0 Å². The molecule has 3 rings (SSSR count). The molecule has 110 valence electrons. The Kier molecular flexibility index (Phi) is 2.29. The predicted molar refractivity (Wildman–Crippen MR) is 84.8 cm³/mol. The third-order valence-corrected chi connectivity index (χ3v) is 4.17. The molecule has 0 atom stereocenters. The van der Waals surface area contributed by atoms with Crippen LogP contribution in [-0.4, -0.2) is 33.1 Å². The van der Waals surface area contributed by atoms with Gasteiger partial charge in [-0.2, -0.15) is 5.10 Å². The van der Waals surface area contributed by atoms with Crippen LogP contribution in [0.1, 0.15) is 34.5 Å². The van der Waals surface area contributed by atoms with Crippen LogP contribution in [0.3, 0.4) is 0 Å². The van der Waals surface area contributed by atoms with E-state index in [1.54, 1.807) is 0 Å². The Morgan fingerprint density at radius 3 is 2.48 bits per heavy atom. The maximum atomic E-state index is 8.28. The van der Waals surface area contributed by atoms with Crippen molar-refractivity contribution in [1.82, 2.24) is 14.8 Å². The molecule has 1 fully saturated rings. The topological polar surface area (TPSA) is 49.2 Å². The van der Waals surface area contributed by atoms with Gasteiger partial charge in [-0.05, 0) is 49.7 Å². The van der Waals surface area contributed by atoms with E-state index >= 15 is 0 Å². The molecule has 21 heavy (non-hydrogen) atoms. The highest BCUT2D eigenvalue weighted by atomic mass is 79.9. The van der Waals surface area contributed by atoms with E-state index in [2.05, 4.69) is 26.0 Å². The summed E-state index contributed by atoms with van der Waals surface area (Å²) >= 11 is 3.11. The monoisotopic (exact) mass is 354 g/mol. The smallest absolute Gasteiger partial charge is 0.399 e. The van der Waals surface area contributed by atoms with Gasteiger partial charge in [-0.3, -0.25) is 4.98 Å². The van der Waals surface area contributed by atoms with Crippen LogP contribution in [0.5, 0.6) is 0 Å². The van der Waals surface area contributed by atoms with Crippen molar-refractivity contribution in [3.8, 4) is 5.69 Å². The van der Waals surface area contributed by atoms with Crippen molar-refractivity contribution in [2.75, 3.05) is 0 Å². The lowest BCUT2D eigenvalue weighted by Gasteiger charge is -2.32. The van der Waals surface area contributed by atoms with Gasteiger partial charge in [0.2, 0.25) is 0 Å². The van der Waals surface area contributed by atoms with Gasteiger partial charge >= 0.3 is 7.12 Å². The molecule has 0 spiro atoms. The second-order valence-electron chi connectivity index (χ2n) is 5.76. The molecule has 1 saturated heterocycles. The average Bonchev–Trinajstić information content (AvgIpc) is 2.89. The van der Waals surface area contributed by atoms with Crippen LogP contribution in [0, 0.1) is 0 Å². The van der Waals surface area contributed by atoms with Crippen LogP contribution in [0.2, 0.25) is 0 Å². The third kappa shape index (κ3) is 2.54. The molecule has 5 nitrogen and oxygen atoms in total. The van der Waals surface area contributed by atoms with Gasteiger partial charge in [-0.1, -0.05) is 0 Å². The Hall–Kier alpha value is -1.18. The van der Waals surface area contributed by atoms with Crippen LogP contribution in [-0.2, 0) is 9.31 Å². The molecule has 2 aromatic rings. The van der Waals surface area contributed by atoms with E-state index in [0.717, 1.165) is 4.68 Å². The van der Waals surface area contributed by atoms with E-state index in [1.165, 1.54) is 0 Å². The quantitative estimate of drug-likeness (QED) is 0.776. The summed E-state index contributed by atoms with van der Waals surface area (Å²) in [5.74, 6) is 0. The fourth-order valence-corrected chi connectivity index (χ4v) is 2.17. The number of hydrogen-bond donors (Lipinski definition) is 0. The van der Waals surface area contributed by atoms with Gasteiger partial charge < -0.3 is 9.31 Å². The maximum absolute atomic E-state index is 8.28. The second-order valence-corrected chi connectivity index (χ2v) is 6.55. The van der Waals surface area contributed by atoms with Gasteiger partial charge in [0.05, 0.1) is 40.6 Å². The molecule has 2 aromatic heterocycles. The molecule has 1 aliphatic heterocycles. The Morgan fingerprint density at radius 2 is 1.90 bits per heavy atom. The van der Waals surface area contributed by atoms with Gasteiger partial charge in [0, 0.05) is 17.8 Å². The molecule has 7 heteroatoms. The van der Waals surface area contributed by atoms with Crippen molar-refractivity contribution in [3.05, 3.63) is 35.2 Å². The van der Waals surface area contributed by atoms with Gasteiger partial charge in [-0.25, -0.2) is 4.68 Å². The maximum Gasteiger partial charge on any atom is 0.497 e. The van der Waals surface area contributed by atoms with Crippen LogP contribution in [0.15, 0.2) is 35.2 Å². The van der Waals surface area contributed by atoms with E-state index in [1.807, 2.05) is 27.7 Å². The van der Waals surface area contributed by atoms with Gasteiger partial charge in [0.25, 0.3) is 0 Å². The van der Waals surface area contributed by atoms with E-state index in [-0.39, 0.29) is 40.2 Å². The number of hydrogen-bond acceptors (Lipinski definition) is 4. The van der Waals surface area contributed by atoms with Crippen LogP contribution >= 0.6 is 15.9 Å². The molecule has 0 amide bonds. The zero-order valence-corrected chi connectivity index (χ0v) is 13.7. The highest BCUT2D eigenvalue weighted by molar-refractivity contribution is 9.10. The Balaban J connectivity index is 2.27. The summed E-state index contributed by atoms with van der Waals surface area (Å²) in [4.78, 5) is 3.75. The highest BCUT2D eigenvalue weighted by Crippen LogP contribution is 2.36. The molecule has 0 bridgehead atoms. The summed E-state index contributed by atoms with van der Waals surface area (Å²) in [6.45, 7) is 7.40. The molecular formula is C14H17BBrN3O2. The first-order valence-corrected chi connectivity index (χ1v) is 7.22. The van der Waals surface area contributed by atoms with Crippen molar-refractivity contribution in [2.45, 2.75) is 38.9 Å². The van der Waals surface area contributed by atoms with Gasteiger partial charge in [0.15, 0.2) is 0 Å². The molecular weight excluding hydrogens is 333 g/mol. The van der Waals surface area contributed by atoms with Gasteiger partial charge in [0.1, 0.15) is 0 Å². The van der Waals surface area contributed by atoms with Crippen molar-refractivity contribution >= 4 is 28.5 Å². The standard InChI is InChI=1S/C14H17BBrN3O2/c1-13(2)14(3,4)21-15(20-13)11-5-6-17-8-12(11)19-9-10(16)7-18-19/h5-9H,1-4H3/i5D,6D,7D,8D,9D. The summed E-state index contributed by atoms with van der Waals surface area (Å²) < 4.78 is 53.4. The number of pyridine rings is 1. The SMILES string of the molecule is [2H]c1nc([2H])c(-n2nc([2H])c(Br)c2[2H])c(B2OC(C)(C)C(C)(C)O2)c1[2H]. The average molecular weight is 355 g/mol. The first kappa shape index (κ1) is 9.76. The Morgan fingerprint density at radius 1 is 1.24 bits per heavy atom. The second kappa shape index (κ2) is 4.93. The lowest BCUT2D eigenvalue weighted by atomic mass is 9.78. The fourth-order valence-electron chi connectivity index (χ4n) is 1.92. The first-order chi connectivity index (χ1) is 11.9. The molecule has 0 aliphatic carbocycles. The Bertz CT molecular complexity index is 889. The zero-order chi connectivity index (χ0) is 19.6. The highest BCUT2D eigenvalue weighted by Gasteiger charge is 2.52. The summed E-state index contributed by atoms with van der Waals surface area (Å²) in [5.41, 5.74) is -1.29. The predicted octanol–water partition coefficient (Wildman–Crippen LogP) is 2.33. The van der Waals surface area contributed by atoms with Crippen molar-refractivity contribution in [3.63, 3.8) is 0 Å². The van der Waals surface area contributed by atoms with Crippen molar-refractivity contribution in [2.24, 2.45) is 0 Å². The van der Waals surface area contributed by atoms with E-state index < -0.39 is 24.5 Å². The minimum absolute atomic E-state index is 0.00583. The lowest BCUT2D eigenvalue weighted by molar-refractivity contribution is 0.00578. The summed E-state index contributed by atoms with van der Waals surface area (Å²) in [6.07, 6.45) is -1.09. The van der Waals surface area contributed by atoms with Crippen LogP contribution < -0.4 is 5.46 Å². The first-order valence-electron chi connectivity index (χ1n) is 8.93. The fraction of sp³-hybridized carbons (Fsp3) is 0.429. The summed E-state index contributed by atoms with van der Waals surface area (Å²) in [5, 5.41) is 3.95. The summed E-state index contributed by atoms with van der Waals surface area (Å²) in [6, 6.07) is -0.271. The number of nitrogens with zero attached hydrogens (tertiary/aromatic N) is 3. The molecule has 0 unspecified atom stereocenters. The Labute approximate surface area is 140 Å². The molecule has 0 aromatic carbocycles. The molecule has 3 heterocycles. The number of rotatable bonds is 2. The van der Waals surface area contributed by atoms with Gasteiger partial charge in [-0.15, -0.1) is 0 Å².